The van der Waals surface area contributed by atoms with Gasteiger partial charge in [0.1, 0.15) is 5.82 Å². The summed E-state index contributed by atoms with van der Waals surface area (Å²) >= 11 is 0. The number of halogens is 1. The second-order valence-corrected chi connectivity index (χ2v) is 3.08. The Bertz CT molecular complexity index is 353. The molecular formula is C14H25FN2. The van der Waals surface area contributed by atoms with E-state index >= 15 is 0 Å². The highest BCUT2D eigenvalue weighted by Gasteiger charge is 2.05. The summed E-state index contributed by atoms with van der Waals surface area (Å²) in [5, 5.41) is 0. The van der Waals surface area contributed by atoms with Gasteiger partial charge in [-0.3, -0.25) is 0 Å². The lowest BCUT2D eigenvalue weighted by Crippen LogP contribution is -1.98. The van der Waals surface area contributed by atoms with E-state index in [-0.39, 0.29) is 5.82 Å². The lowest BCUT2D eigenvalue weighted by molar-refractivity contribution is 0.625. The first-order valence-corrected chi connectivity index (χ1v) is 6.00. The zero-order valence-corrected chi connectivity index (χ0v) is 11.8. The predicted molar refractivity (Wildman–Crippen MR) is 76.1 cm³/mol. The van der Waals surface area contributed by atoms with Gasteiger partial charge in [-0.05, 0) is 31.6 Å². The van der Waals surface area contributed by atoms with Crippen LogP contribution in [-0.2, 0) is 0 Å². The van der Waals surface area contributed by atoms with Gasteiger partial charge < -0.3 is 11.5 Å². The van der Waals surface area contributed by atoms with E-state index in [1.54, 1.807) is 13.0 Å². The zero-order valence-electron chi connectivity index (χ0n) is 11.8. The Balaban J connectivity index is 0. The number of benzene rings is 1. The van der Waals surface area contributed by atoms with Gasteiger partial charge in [0.15, 0.2) is 0 Å². The largest absolute Gasteiger partial charge is 0.402 e. The molecule has 0 amide bonds. The van der Waals surface area contributed by atoms with Gasteiger partial charge in [0.05, 0.1) is 0 Å². The molecule has 0 saturated heterocycles. The minimum Gasteiger partial charge on any atom is -0.402 e. The Hall–Kier alpha value is -1.51. The van der Waals surface area contributed by atoms with E-state index in [0.29, 0.717) is 16.9 Å². The van der Waals surface area contributed by atoms with Crippen LogP contribution >= 0.6 is 0 Å². The van der Waals surface area contributed by atoms with Gasteiger partial charge in [0.25, 0.3) is 0 Å². The predicted octanol–water partition coefficient (Wildman–Crippen LogP) is 4.09. The Morgan fingerprint density at radius 3 is 2.06 bits per heavy atom. The molecule has 1 aromatic rings. The zero-order chi connectivity index (χ0) is 14.0. The minimum absolute atomic E-state index is 0.340. The van der Waals surface area contributed by atoms with Crippen molar-refractivity contribution in [3.8, 4) is 0 Å². The van der Waals surface area contributed by atoms with Crippen molar-refractivity contribution >= 4 is 11.8 Å². The summed E-state index contributed by atoms with van der Waals surface area (Å²) in [6, 6.07) is 3.04. The quantitative estimate of drug-likeness (QED) is 0.726. The van der Waals surface area contributed by atoms with E-state index < -0.39 is 0 Å². The van der Waals surface area contributed by atoms with E-state index in [1.807, 2.05) is 34.6 Å². The summed E-state index contributed by atoms with van der Waals surface area (Å²) < 4.78 is 13.2. The van der Waals surface area contributed by atoms with Crippen LogP contribution in [0, 0.1) is 12.7 Å². The molecular weight excluding hydrogens is 215 g/mol. The molecule has 0 aromatic heterocycles. The molecule has 4 N–H and O–H groups in total. The Kier molecular flexibility index (Phi) is 10.2. The van der Waals surface area contributed by atoms with Crippen LogP contribution in [0.4, 0.5) is 10.1 Å². The van der Waals surface area contributed by atoms with E-state index in [1.165, 1.54) is 12.1 Å². The Morgan fingerprint density at radius 1 is 1.18 bits per heavy atom. The summed E-state index contributed by atoms with van der Waals surface area (Å²) in [7, 11) is 0. The molecule has 0 heterocycles. The molecule has 1 aromatic carbocycles. The average molecular weight is 240 g/mol. The third-order valence-corrected chi connectivity index (χ3v) is 1.82. The molecule has 0 aliphatic rings. The summed E-state index contributed by atoms with van der Waals surface area (Å²) in [6.07, 6.45) is 1.54. The van der Waals surface area contributed by atoms with Gasteiger partial charge >= 0.3 is 0 Å². The number of hydrogen-bond acceptors (Lipinski definition) is 2. The van der Waals surface area contributed by atoms with E-state index in [2.05, 4.69) is 0 Å². The van der Waals surface area contributed by atoms with Crippen LogP contribution in [0.2, 0.25) is 0 Å². The summed E-state index contributed by atoms with van der Waals surface area (Å²) in [5.41, 5.74) is 13.4. The molecule has 0 radical (unpaired) electrons. The molecule has 17 heavy (non-hydrogen) atoms. The number of rotatable bonds is 1. The monoisotopic (exact) mass is 240 g/mol. The number of anilines is 1. The molecule has 0 unspecified atom stereocenters. The number of aryl methyl sites for hydroxylation is 1. The minimum atomic E-state index is -0.340. The number of nitrogens with two attached hydrogens (primary N) is 2. The number of hydrogen-bond donors (Lipinski definition) is 2. The highest BCUT2D eigenvalue weighted by molar-refractivity contribution is 5.68. The Morgan fingerprint density at radius 2 is 1.65 bits per heavy atom. The summed E-state index contributed by atoms with van der Waals surface area (Å²) in [4.78, 5) is 0. The first kappa shape index (κ1) is 17.9. The lowest BCUT2D eigenvalue weighted by Gasteiger charge is -2.05. The van der Waals surface area contributed by atoms with Crippen molar-refractivity contribution in [3.05, 3.63) is 34.8 Å². The smallest absolute Gasteiger partial charge is 0.132 e. The van der Waals surface area contributed by atoms with Gasteiger partial charge in [0.2, 0.25) is 0 Å². The van der Waals surface area contributed by atoms with Crippen molar-refractivity contribution in [3.63, 3.8) is 0 Å². The fraction of sp³-hybridized carbons (Fsp3) is 0.429. The van der Waals surface area contributed by atoms with Crippen LogP contribution in [-0.4, -0.2) is 0 Å². The first-order valence-electron chi connectivity index (χ1n) is 6.00. The van der Waals surface area contributed by atoms with Gasteiger partial charge in [-0.2, -0.15) is 0 Å². The number of allylic oxidation sites excluding steroid dienone is 1. The topological polar surface area (TPSA) is 52.0 Å². The molecule has 2 nitrogen and oxygen atoms in total. The van der Waals surface area contributed by atoms with E-state index in [9.17, 15) is 4.39 Å². The molecule has 0 aliphatic heterocycles. The van der Waals surface area contributed by atoms with Crippen molar-refractivity contribution < 1.29 is 4.39 Å². The first-order chi connectivity index (χ1) is 8.02. The average Bonchev–Trinajstić information content (AvgIpc) is 2.34. The fourth-order valence-electron chi connectivity index (χ4n) is 1.09. The molecule has 1 rings (SSSR count). The molecule has 0 fully saturated rings. The second kappa shape index (κ2) is 9.70. The van der Waals surface area contributed by atoms with Gasteiger partial charge in [0, 0.05) is 16.9 Å². The maximum Gasteiger partial charge on any atom is 0.132 e. The molecule has 0 bridgehead atoms. The fourth-order valence-corrected chi connectivity index (χ4v) is 1.09. The summed E-state index contributed by atoms with van der Waals surface area (Å²) in [6.45, 7) is 11.5. The Labute approximate surface area is 105 Å². The molecule has 0 saturated carbocycles. The van der Waals surface area contributed by atoms with Crippen LogP contribution in [0.25, 0.3) is 6.08 Å². The van der Waals surface area contributed by atoms with Crippen molar-refractivity contribution in [1.29, 1.82) is 0 Å². The van der Waals surface area contributed by atoms with Gasteiger partial charge in [-0.25, -0.2) is 4.39 Å². The van der Waals surface area contributed by atoms with Crippen molar-refractivity contribution in [1.82, 2.24) is 0 Å². The molecule has 0 atom stereocenters. The highest BCUT2D eigenvalue weighted by Crippen LogP contribution is 2.22. The van der Waals surface area contributed by atoms with Crippen LogP contribution in [0.3, 0.4) is 0 Å². The van der Waals surface area contributed by atoms with E-state index in [0.717, 1.165) is 5.56 Å². The van der Waals surface area contributed by atoms with Crippen molar-refractivity contribution in [2.75, 3.05) is 5.73 Å². The second-order valence-electron chi connectivity index (χ2n) is 3.08. The van der Waals surface area contributed by atoms with Crippen molar-refractivity contribution in [2.45, 2.75) is 41.5 Å². The van der Waals surface area contributed by atoms with Crippen LogP contribution < -0.4 is 11.5 Å². The summed E-state index contributed by atoms with van der Waals surface area (Å²) in [5.74, 6) is -0.340. The third kappa shape index (κ3) is 5.95. The van der Waals surface area contributed by atoms with Crippen LogP contribution in [0.1, 0.15) is 45.7 Å². The van der Waals surface area contributed by atoms with Crippen LogP contribution in [0.15, 0.2) is 17.8 Å². The third-order valence-electron chi connectivity index (χ3n) is 1.82. The SMILES string of the molecule is C/C(N)=C/c1c(F)ccc(C)c1N.CC.CC. The highest BCUT2D eigenvalue weighted by atomic mass is 19.1. The van der Waals surface area contributed by atoms with Gasteiger partial charge in [-0.1, -0.05) is 33.8 Å². The van der Waals surface area contributed by atoms with Crippen LogP contribution in [0.5, 0.6) is 0 Å². The molecule has 98 valence electrons. The van der Waals surface area contributed by atoms with Gasteiger partial charge in [-0.15, -0.1) is 0 Å². The molecule has 3 heteroatoms. The molecule has 0 aliphatic carbocycles. The normalized spacial score (nSPS) is 9.71. The van der Waals surface area contributed by atoms with Crippen molar-refractivity contribution in [2.24, 2.45) is 5.73 Å². The lowest BCUT2D eigenvalue weighted by atomic mass is 10.1. The van der Waals surface area contributed by atoms with E-state index in [4.69, 9.17) is 11.5 Å². The maximum atomic E-state index is 13.2. The molecule has 0 spiro atoms. The maximum absolute atomic E-state index is 13.2. The standard InChI is InChI=1S/C10H13FN2.2C2H6/c1-6-3-4-9(11)8(10(6)13)5-7(2)12;2*1-2/h3-5H,12-13H2,1-2H3;2*1-2H3/b7-5-;;. The number of nitrogen functional groups attached to an aromatic ring is 1.